The zero-order valence-electron chi connectivity index (χ0n) is 33.1. The van der Waals surface area contributed by atoms with Crippen LogP contribution in [0, 0.1) is 17.8 Å². The first-order valence-electron chi connectivity index (χ1n) is 19.6. The Hall–Kier alpha value is -3.02. The SMILES string of the molecule is CO[C@H]1/C=C/C=C/C=C/C=C/CC/C=C/C=C/[C@H](C)[C@@H](O)[C@@H](C)[C@H](C)OC(=O)C[C@H](O)C[C@H](O)C[C@H](O)CC[C@@H](O)[C@H](O)C[C@]2(O)C[C@H](O)[C@@H](C(=O)O)C(C1)O2. The third kappa shape index (κ3) is 18.1. The van der Waals surface area contributed by atoms with Crippen molar-refractivity contribution < 1.29 is 69.8 Å². The van der Waals surface area contributed by atoms with E-state index in [9.17, 15) is 55.5 Å². The molecule has 2 rings (SSSR count). The lowest BCUT2D eigenvalue weighted by Gasteiger charge is -2.44. The number of hydrogen-bond acceptors (Lipinski definition) is 13. The van der Waals surface area contributed by atoms with E-state index in [1.807, 2.05) is 55.5 Å². The number of ether oxygens (including phenoxy) is 3. The number of aliphatic hydroxyl groups is 8. The molecule has 0 radical (unpaired) electrons. The van der Waals surface area contributed by atoms with E-state index in [-0.39, 0.29) is 38.0 Å². The lowest BCUT2D eigenvalue weighted by atomic mass is 9.82. The van der Waals surface area contributed by atoms with Crippen LogP contribution in [0.1, 0.15) is 85.0 Å². The van der Waals surface area contributed by atoms with Crippen molar-refractivity contribution in [2.75, 3.05) is 7.11 Å². The fourth-order valence-corrected chi connectivity index (χ4v) is 6.83. The number of carboxylic acid groups (broad SMARTS) is 1. The number of fused-ring (bicyclic) bond motifs is 2. The molecule has 1 fully saturated rings. The van der Waals surface area contributed by atoms with E-state index >= 15 is 0 Å². The van der Waals surface area contributed by atoms with Crippen molar-refractivity contribution in [3.05, 3.63) is 72.9 Å². The van der Waals surface area contributed by atoms with Crippen molar-refractivity contribution in [1.29, 1.82) is 0 Å². The number of cyclic esters (lactones) is 1. The number of hydrogen-bond donors (Lipinski definition) is 9. The fourth-order valence-electron chi connectivity index (χ4n) is 6.83. The molecule has 14 heteroatoms. The first kappa shape index (κ1) is 49.1. The van der Waals surface area contributed by atoms with Gasteiger partial charge in [0.15, 0.2) is 5.79 Å². The number of allylic oxidation sites excluding steroid dienone is 10. The predicted molar refractivity (Wildman–Crippen MR) is 209 cm³/mol. The Morgan fingerprint density at radius 1 is 0.732 bits per heavy atom. The van der Waals surface area contributed by atoms with Gasteiger partial charge < -0.3 is 60.2 Å². The van der Waals surface area contributed by atoms with Gasteiger partial charge in [-0.25, -0.2) is 0 Å². The molecule has 14 nitrogen and oxygen atoms in total. The van der Waals surface area contributed by atoms with E-state index in [1.165, 1.54) is 7.11 Å². The highest BCUT2D eigenvalue weighted by Crippen LogP contribution is 2.37. The number of aliphatic hydroxyl groups excluding tert-OH is 7. The standard InChI is InChI=1S/C42H66O14/c1-27-17-15-13-11-9-7-5-6-8-10-12-14-16-18-33(54-4)24-37-39(41(51)52)36(48)26-42(53,56-37)25-35(47)34(46)20-19-30(43)21-31(44)22-32(45)23-38(49)55-29(3)28(2)40(27)50/h5-6,8,10-18,27-37,39-40,43-48,50,53H,7,9,19-26H2,1-4H3,(H,51,52)/b6-5+,10-8+,13-11+,14-12+,17-15+,18-16+/t27-,28-,29-,30+,31+,32+,33-,34+,35+,36-,37?,39+,40+,42+/m0/s1. The van der Waals surface area contributed by atoms with Gasteiger partial charge in [0.2, 0.25) is 0 Å². The molecule has 2 aliphatic heterocycles. The summed E-state index contributed by atoms with van der Waals surface area (Å²) in [5, 5.41) is 95.6. The van der Waals surface area contributed by atoms with Gasteiger partial charge in [0.25, 0.3) is 0 Å². The van der Waals surface area contributed by atoms with Crippen LogP contribution in [0.4, 0.5) is 0 Å². The van der Waals surface area contributed by atoms with Crippen LogP contribution < -0.4 is 0 Å². The second-order valence-corrected chi connectivity index (χ2v) is 15.2. The number of rotatable bonds is 2. The van der Waals surface area contributed by atoms with Crippen molar-refractivity contribution in [2.45, 2.75) is 152 Å². The van der Waals surface area contributed by atoms with Gasteiger partial charge in [-0.15, -0.1) is 0 Å². The Morgan fingerprint density at radius 2 is 1.30 bits per heavy atom. The summed E-state index contributed by atoms with van der Waals surface area (Å²) in [6, 6.07) is 0. The second kappa shape index (κ2) is 25.4. The van der Waals surface area contributed by atoms with Crippen LogP contribution in [-0.2, 0) is 23.8 Å². The largest absolute Gasteiger partial charge is 0.481 e. The van der Waals surface area contributed by atoms with E-state index in [0.717, 1.165) is 12.8 Å². The number of esters is 1. The van der Waals surface area contributed by atoms with Gasteiger partial charge in [-0.05, 0) is 45.4 Å². The Morgan fingerprint density at radius 3 is 1.95 bits per heavy atom. The van der Waals surface area contributed by atoms with E-state index in [1.54, 1.807) is 38.2 Å². The summed E-state index contributed by atoms with van der Waals surface area (Å²) in [5.41, 5.74) is 0. The molecular formula is C42H66O14. The molecule has 1 saturated heterocycles. The third-order valence-electron chi connectivity index (χ3n) is 10.3. The quantitative estimate of drug-likeness (QED) is 0.183. The van der Waals surface area contributed by atoms with E-state index in [0.29, 0.717) is 0 Å². The van der Waals surface area contributed by atoms with Gasteiger partial charge in [-0.1, -0.05) is 86.8 Å². The van der Waals surface area contributed by atoms with E-state index < -0.39 is 110 Å². The molecule has 1 unspecified atom stereocenters. The summed E-state index contributed by atoms with van der Waals surface area (Å²) < 4.78 is 16.8. The van der Waals surface area contributed by atoms with Crippen LogP contribution in [0.3, 0.4) is 0 Å². The minimum atomic E-state index is -2.19. The van der Waals surface area contributed by atoms with Crippen molar-refractivity contribution in [3.63, 3.8) is 0 Å². The smallest absolute Gasteiger partial charge is 0.311 e. The average molecular weight is 795 g/mol. The summed E-state index contributed by atoms with van der Waals surface area (Å²) in [4.78, 5) is 24.6. The second-order valence-electron chi connectivity index (χ2n) is 15.2. The minimum Gasteiger partial charge on any atom is -0.481 e. The highest BCUT2D eigenvalue weighted by molar-refractivity contribution is 5.71. The molecule has 0 aromatic rings. The van der Waals surface area contributed by atoms with Crippen LogP contribution >= 0.6 is 0 Å². The van der Waals surface area contributed by atoms with Crippen LogP contribution in [-0.4, -0.2) is 132 Å². The molecule has 0 aromatic heterocycles. The molecule has 9 N–H and O–H groups in total. The topological polar surface area (TPSA) is 244 Å². The summed E-state index contributed by atoms with van der Waals surface area (Å²) in [5.74, 6) is -6.28. The van der Waals surface area contributed by atoms with Crippen molar-refractivity contribution in [2.24, 2.45) is 17.8 Å². The van der Waals surface area contributed by atoms with Crippen LogP contribution in [0.5, 0.6) is 0 Å². The molecule has 56 heavy (non-hydrogen) atoms. The molecule has 2 bridgehead atoms. The van der Waals surface area contributed by atoms with Crippen LogP contribution in [0.2, 0.25) is 0 Å². The van der Waals surface area contributed by atoms with E-state index in [2.05, 4.69) is 0 Å². The molecule has 14 atom stereocenters. The highest BCUT2D eigenvalue weighted by atomic mass is 16.6. The maximum Gasteiger partial charge on any atom is 0.311 e. The van der Waals surface area contributed by atoms with Gasteiger partial charge in [0, 0.05) is 38.2 Å². The lowest BCUT2D eigenvalue weighted by Crippen LogP contribution is -2.56. The fraction of sp³-hybridized carbons (Fsp3) is 0.667. The molecule has 0 amide bonds. The third-order valence-corrected chi connectivity index (χ3v) is 10.3. The molecule has 0 aliphatic carbocycles. The normalized spacial score (nSPS) is 42.3. The van der Waals surface area contributed by atoms with Crippen molar-refractivity contribution >= 4 is 11.9 Å². The number of methoxy groups -OCH3 is 1. The zero-order chi connectivity index (χ0) is 41.8. The van der Waals surface area contributed by atoms with Gasteiger partial charge in [-0.3, -0.25) is 9.59 Å². The lowest BCUT2D eigenvalue weighted by molar-refractivity contribution is -0.302. The van der Waals surface area contributed by atoms with Crippen molar-refractivity contribution in [3.8, 4) is 0 Å². The molecule has 318 valence electrons. The van der Waals surface area contributed by atoms with Crippen molar-refractivity contribution in [1.82, 2.24) is 0 Å². The Balaban J connectivity index is 2.18. The average Bonchev–Trinajstić information content (AvgIpc) is 3.11. The number of aliphatic carboxylic acids is 1. The Labute approximate surface area is 330 Å². The highest BCUT2D eigenvalue weighted by Gasteiger charge is 2.50. The number of carboxylic acids is 1. The monoisotopic (exact) mass is 794 g/mol. The Bertz CT molecular complexity index is 1340. The molecule has 0 aromatic carbocycles. The first-order valence-corrected chi connectivity index (χ1v) is 19.6. The van der Waals surface area contributed by atoms with Gasteiger partial charge >= 0.3 is 11.9 Å². The maximum atomic E-state index is 12.5. The minimum absolute atomic E-state index is 0.0532. The predicted octanol–water partition coefficient (Wildman–Crippen LogP) is 2.77. The molecule has 0 saturated carbocycles. The Kier molecular flexibility index (Phi) is 22.3. The first-order chi connectivity index (χ1) is 26.5. The summed E-state index contributed by atoms with van der Waals surface area (Å²) in [7, 11) is 1.42. The maximum absolute atomic E-state index is 12.5. The van der Waals surface area contributed by atoms with Crippen LogP contribution in [0.15, 0.2) is 72.9 Å². The van der Waals surface area contributed by atoms with Gasteiger partial charge in [0.1, 0.15) is 12.0 Å². The molecule has 2 aliphatic rings. The summed E-state index contributed by atoms with van der Waals surface area (Å²) >= 11 is 0. The summed E-state index contributed by atoms with van der Waals surface area (Å²) in [6.45, 7) is 5.29. The zero-order valence-corrected chi connectivity index (χ0v) is 33.1. The molecule has 0 spiro atoms. The molecule has 2 heterocycles. The summed E-state index contributed by atoms with van der Waals surface area (Å²) in [6.07, 6.45) is 10.0. The van der Waals surface area contributed by atoms with Crippen LogP contribution in [0.25, 0.3) is 0 Å². The number of carbonyl (C=O) groups excluding carboxylic acids is 1. The van der Waals surface area contributed by atoms with E-state index in [4.69, 9.17) is 14.2 Å². The molecular weight excluding hydrogens is 728 g/mol. The van der Waals surface area contributed by atoms with Gasteiger partial charge in [0.05, 0.1) is 61.4 Å². The van der Waals surface area contributed by atoms with Gasteiger partial charge in [-0.2, -0.15) is 0 Å². The number of carbonyl (C=O) groups is 2.